The van der Waals surface area contributed by atoms with Crippen molar-refractivity contribution in [2.24, 2.45) is 5.73 Å². The van der Waals surface area contributed by atoms with E-state index in [2.05, 4.69) is 4.98 Å². The largest absolute Gasteiger partial charge is 0.328 e. The number of nitrogens with zero attached hydrogens (tertiary/aromatic N) is 2. The van der Waals surface area contributed by atoms with Crippen LogP contribution in [0.5, 0.6) is 0 Å². The summed E-state index contributed by atoms with van der Waals surface area (Å²) in [6.45, 7) is 1.02. The van der Waals surface area contributed by atoms with Gasteiger partial charge in [-0.15, -0.1) is 0 Å². The first-order valence-electron chi connectivity index (χ1n) is 5.77. The molecule has 1 aliphatic heterocycles. The highest BCUT2D eigenvalue weighted by Crippen LogP contribution is 2.17. The van der Waals surface area contributed by atoms with Crippen molar-refractivity contribution in [1.82, 2.24) is 9.29 Å². The van der Waals surface area contributed by atoms with Gasteiger partial charge in [-0.1, -0.05) is 6.07 Å². The van der Waals surface area contributed by atoms with Crippen molar-refractivity contribution in [1.29, 1.82) is 0 Å². The first-order valence-corrected chi connectivity index (χ1v) is 7.21. The first-order chi connectivity index (χ1) is 8.10. The Bertz CT molecular complexity index is 461. The molecule has 1 aromatic heterocycles. The van der Waals surface area contributed by atoms with Crippen molar-refractivity contribution < 1.29 is 8.42 Å². The minimum absolute atomic E-state index is 0.110. The van der Waals surface area contributed by atoms with Crippen LogP contribution in [0, 0.1) is 0 Å². The van der Waals surface area contributed by atoms with Gasteiger partial charge >= 0.3 is 0 Å². The summed E-state index contributed by atoms with van der Waals surface area (Å²) in [4.78, 5) is 3.91. The molecule has 2 N–H and O–H groups in total. The molecule has 6 heteroatoms. The lowest BCUT2D eigenvalue weighted by molar-refractivity contribution is 0.419. The highest BCUT2D eigenvalue weighted by Gasteiger charge is 2.27. The Morgan fingerprint density at radius 1 is 1.29 bits per heavy atom. The van der Waals surface area contributed by atoms with Gasteiger partial charge in [0.1, 0.15) is 0 Å². The van der Waals surface area contributed by atoms with Gasteiger partial charge in [0.05, 0.1) is 0 Å². The molecule has 0 radical (unpaired) electrons. The molecule has 1 unspecified atom stereocenters. The molecule has 1 saturated heterocycles. The highest BCUT2D eigenvalue weighted by molar-refractivity contribution is 7.89. The van der Waals surface area contributed by atoms with E-state index in [0.29, 0.717) is 19.5 Å². The maximum atomic E-state index is 12.3. The quantitative estimate of drug-likeness (QED) is 0.839. The number of pyridine rings is 1. The Morgan fingerprint density at radius 3 is 2.82 bits per heavy atom. The van der Waals surface area contributed by atoms with Gasteiger partial charge in [-0.05, 0) is 31.4 Å². The maximum absolute atomic E-state index is 12.3. The van der Waals surface area contributed by atoms with Crippen LogP contribution in [0.3, 0.4) is 0 Å². The van der Waals surface area contributed by atoms with E-state index in [1.807, 2.05) is 0 Å². The zero-order valence-corrected chi connectivity index (χ0v) is 10.4. The van der Waals surface area contributed by atoms with E-state index < -0.39 is 10.0 Å². The third-order valence-corrected chi connectivity index (χ3v) is 4.79. The van der Waals surface area contributed by atoms with Crippen LogP contribution < -0.4 is 5.73 Å². The van der Waals surface area contributed by atoms with E-state index >= 15 is 0 Å². The molecule has 2 rings (SSSR count). The van der Waals surface area contributed by atoms with Crippen LogP contribution in [0.15, 0.2) is 29.4 Å². The predicted octanol–water partition coefficient (Wildman–Crippen LogP) is 0.583. The molecule has 0 amide bonds. The summed E-state index contributed by atoms with van der Waals surface area (Å²) >= 11 is 0. The molecule has 17 heavy (non-hydrogen) atoms. The molecule has 2 heterocycles. The second-order valence-electron chi connectivity index (χ2n) is 4.26. The predicted molar refractivity (Wildman–Crippen MR) is 64.8 cm³/mol. The molecule has 1 aliphatic rings. The maximum Gasteiger partial charge on any atom is 0.260 e. The second-order valence-corrected chi connectivity index (χ2v) is 6.15. The molecule has 0 bridgehead atoms. The van der Waals surface area contributed by atoms with E-state index in [1.54, 1.807) is 12.1 Å². The van der Waals surface area contributed by atoms with E-state index in [-0.39, 0.29) is 11.1 Å². The Morgan fingerprint density at radius 2 is 2.12 bits per heavy atom. The van der Waals surface area contributed by atoms with E-state index in [9.17, 15) is 8.42 Å². The number of aromatic nitrogens is 1. The van der Waals surface area contributed by atoms with E-state index in [0.717, 1.165) is 12.8 Å². The van der Waals surface area contributed by atoms with Crippen LogP contribution in [-0.4, -0.2) is 36.8 Å². The SMILES string of the molecule is NC1CCCN(S(=O)(=O)c2ccccn2)CC1. The van der Waals surface area contributed by atoms with Gasteiger partial charge in [0.15, 0.2) is 5.03 Å². The lowest BCUT2D eigenvalue weighted by Crippen LogP contribution is -2.33. The molecule has 0 saturated carbocycles. The van der Waals surface area contributed by atoms with Crippen LogP contribution in [0.2, 0.25) is 0 Å². The lowest BCUT2D eigenvalue weighted by atomic mass is 10.1. The summed E-state index contributed by atoms with van der Waals surface area (Å²) in [5.74, 6) is 0. The lowest BCUT2D eigenvalue weighted by Gasteiger charge is -2.19. The monoisotopic (exact) mass is 255 g/mol. The standard InChI is InChI=1S/C11H17N3O2S/c12-10-4-3-8-14(9-6-10)17(15,16)11-5-1-2-7-13-11/h1-2,5,7,10H,3-4,6,8-9,12H2. The van der Waals surface area contributed by atoms with Gasteiger partial charge in [-0.25, -0.2) is 13.4 Å². The number of rotatable bonds is 2. The Hall–Kier alpha value is -0.980. The summed E-state index contributed by atoms with van der Waals surface area (Å²) in [5, 5.41) is 0.121. The molecule has 0 aliphatic carbocycles. The van der Waals surface area contributed by atoms with Gasteiger partial charge in [0, 0.05) is 25.3 Å². The van der Waals surface area contributed by atoms with Crippen LogP contribution >= 0.6 is 0 Å². The van der Waals surface area contributed by atoms with Crippen molar-refractivity contribution in [3.63, 3.8) is 0 Å². The summed E-state index contributed by atoms with van der Waals surface area (Å²) in [6, 6.07) is 5.03. The van der Waals surface area contributed by atoms with E-state index in [1.165, 1.54) is 16.6 Å². The number of hydrogen-bond donors (Lipinski definition) is 1. The molecular formula is C11H17N3O2S. The number of hydrogen-bond acceptors (Lipinski definition) is 4. The van der Waals surface area contributed by atoms with Crippen LogP contribution in [0.4, 0.5) is 0 Å². The van der Waals surface area contributed by atoms with E-state index in [4.69, 9.17) is 5.73 Å². The van der Waals surface area contributed by atoms with Crippen molar-refractivity contribution in [2.75, 3.05) is 13.1 Å². The number of nitrogens with two attached hydrogens (primary N) is 1. The van der Waals surface area contributed by atoms with Gasteiger partial charge in [0.2, 0.25) is 0 Å². The first kappa shape index (κ1) is 12.5. The normalized spacial score (nSPS) is 23.2. The van der Waals surface area contributed by atoms with Gasteiger partial charge < -0.3 is 5.73 Å². The second kappa shape index (κ2) is 5.12. The van der Waals surface area contributed by atoms with Crippen molar-refractivity contribution in [3.05, 3.63) is 24.4 Å². The fourth-order valence-corrected chi connectivity index (χ4v) is 3.39. The molecule has 1 fully saturated rings. The average Bonchev–Trinajstić information content (AvgIpc) is 2.55. The van der Waals surface area contributed by atoms with Gasteiger partial charge in [-0.3, -0.25) is 0 Å². The van der Waals surface area contributed by atoms with Crippen LogP contribution in [0.1, 0.15) is 19.3 Å². The van der Waals surface area contributed by atoms with Crippen molar-refractivity contribution in [3.8, 4) is 0 Å². The highest BCUT2D eigenvalue weighted by atomic mass is 32.2. The minimum Gasteiger partial charge on any atom is -0.328 e. The van der Waals surface area contributed by atoms with Crippen LogP contribution in [0.25, 0.3) is 0 Å². The Balaban J connectivity index is 2.21. The molecule has 5 nitrogen and oxygen atoms in total. The Labute approximate surface area is 102 Å². The molecule has 1 aromatic rings. The minimum atomic E-state index is -3.44. The topological polar surface area (TPSA) is 76.3 Å². The van der Waals surface area contributed by atoms with Crippen LogP contribution in [-0.2, 0) is 10.0 Å². The molecule has 1 atom stereocenters. The van der Waals surface area contributed by atoms with Gasteiger partial charge in [0.25, 0.3) is 10.0 Å². The molecule has 94 valence electrons. The molecular weight excluding hydrogens is 238 g/mol. The fourth-order valence-electron chi connectivity index (χ4n) is 1.97. The average molecular weight is 255 g/mol. The summed E-state index contributed by atoms with van der Waals surface area (Å²) in [6.07, 6.45) is 3.91. The molecule has 0 spiro atoms. The third kappa shape index (κ3) is 2.83. The van der Waals surface area contributed by atoms with Crippen molar-refractivity contribution >= 4 is 10.0 Å². The zero-order chi connectivity index (χ0) is 12.3. The number of sulfonamides is 1. The summed E-state index contributed by atoms with van der Waals surface area (Å²) < 4.78 is 26.0. The van der Waals surface area contributed by atoms with Crippen molar-refractivity contribution in [2.45, 2.75) is 30.3 Å². The summed E-state index contributed by atoms with van der Waals surface area (Å²) in [7, 11) is -3.44. The zero-order valence-electron chi connectivity index (χ0n) is 9.62. The summed E-state index contributed by atoms with van der Waals surface area (Å²) in [5.41, 5.74) is 5.84. The third-order valence-electron chi connectivity index (χ3n) is 2.97. The fraction of sp³-hybridized carbons (Fsp3) is 0.545. The molecule has 0 aromatic carbocycles. The van der Waals surface area contributed by atoms with Gasteiger partial charge in [-0.2, -0.15) is 4.31 Å². The Kier molecular flexibility index (Phi) is 3.76. The smallest absolute Gasteiger partial charge is 0.260 e.